The topological polar surface area (TPSA) is 21.3 Å². The summed E-state index contributed by atoms with van der Waals surface area (Å²) in [6.45, 7) is 4.02. The summed E-state index contributed by atoms with van der Waals surface area (Å²) in [5, 5.41) is 3.42. The molecule has 4 heteroatoms. The molecule has 0 bridgehead atoms. The van der Waals surface area contributed by atoms with Gasteiger partial charge in [-0.25, -0.2) is 4.39 Å². The van der Waals surface area contributed by atoms with Crippen LogP contribution < -0.4 is 10.1 Å². The monoisotopic (exact) mass is 351 g/mol. The van der Waals surface area contributed by atoms with Gasteiger partial charge in [-0.1, -0.05) is 28.1 Å². The zero-order valence-electron chi connectivity index (χ0n) is 12.4. The van der Waals surface area contributed by atoms with Crippen LogP contribution in [0.2, 0.25) is 0 Å². The van der Waals surface area contributed by atoms with E-state index in [0.717, 1.165) is 15.8 Å². The molecule has 2 atom stereocenters. The Bertz CT molecular complexity index is 617. The van der Waals surface area contributed by atoms with Crippen LogP contribution in [0.4, 0.5) is 4.39 Å². The molecule has 2 rings (SSSR count). The second-order valence-electron chi connectivity index (χ2n) is 5.05. The SMILES string of the molecule is COc1cccc([C@@H](C)NC(C)c2cc(Br)ccc2F)c1. The van der Waals surface area contributed by atoms with Gasteiger partial charge in [-0.05, 0) is 49.7 Å². The Balaban J connectivity index is 2.14. The Labute approximate surface area is 133 Å². The van der Waals surface area contributed by atoms with Crippen molar-refractivity contribution in [3.05, 3.63) is 63.9 Å². The van der Waals surface area contributed by atoms with Crippen LogP contribution in [0.25, 0.3) is 0 Å². The minimum atomic E-state index is -0.198. The molecule has 0 saturated carbocycles. The molecule has 0 aromatic heterocycles. The highest BCUT2D eigenvalue weighted by Gasteiger charge is 2.15. The summed E-state index contributed by atoms with van der Waals surface area (Å²) in [5.41, 5.74) is 1.76. The predicted octanol–water partition coefficient (Wildman–Crippen LogP) is 5.01. The van der Waals surface area contributed by atoms with E-state index >= 15 is 0 Å². The van der Waals surface area contributed by atoms with Gasteiger partial charge < -0.3 is 10.1 Å². The average molecular weight is 352 g/mol. The summed E-state index contributed by atoms with van der Waals surface area (Å²) in [6.07, 6.45) is 0. The predicted molar refractivity (Wildman–Crippen MR) is 87.1 cm³/mol. The van der Waals surface area contributed by atoms with E-state index in [9.17, 15) is 4.39 Å². The molecule has 0 aliphatic carbocycles. The van der Waals surface area contributed by atoms with E-state index in [1.807, 2.05) is 37.3 Å². The average Bonchev–Trinajstić information content (AvgIpc) is 2.49. The van der Waals surface area contributed by atoms with Gasteiger partial charge >= 0.3 is 0 Å². The molecule has 0 spiro atoms. The lowest BCUT2D eigenvalue weighted by atomic mass is 10.0. The number of nitrogens with one attached hydrogen (secondary N) is 1. The number of benzene rings is 2. The third-order valence-corrected chi connectivity index (χ3v) is 4.01. The lowest BCUT2D eigenvalue weighted by molar-refractivity contribution is 0.412. The van der Waals surface area contributed by atoms with Gasteiger partial charge in [0.15, 0.2) is 0 Å². The van der Waals surface area contributed by atoms with E-state index in [0.29, 0.717) is 5.56 Å². The van der Waals surface area contributed by atoms with Crippen molar-refractivity contribution in [3.8, 4) is 5.75 Å². The smallest absolute Gasteiger partial charge is 0.128 e. The fourth-order valence-electron chi connectivity index (χ4n) is 2.32. The highest BCUT2D eigenvalue weighted by molar-refractivity contribution is 9.10. The molecular weight excluding hydrogens is 333 g/mol. The number of ether oxygens (including phenoxy) is 1. The third kappa shape index (κ3) is 4.05. The molecule has 21 heavy (non-hydrogen) atoms. The highest BCUT2D eigenvalue weighted by Crippen LogP contribution is 2.25. The van der Waals surface area contributed by atoms with Crippen molar-refractivity contribution in [2.45, 2.75) is 25.9 Å². The summed E-state index contributed by atoms with van der Waals surface area (Å²) < 4.78 is 20.0. The first-order valence-corrected chi connectivity index (χ1v) is 7.65. The molecule has 0 aliphatic heterocycles. The van der Waals surface area contributed by atoms with Crippen LogP contribution in [0, 0.1) is 5.82 Å². The van der Waals surface area contributed by atoms with Gasteiger partial charge in [-0.15, -0.1) is 0 Å². The number of halogens is 2. The molecule has 0 aliphatic rings. The van der Waals surface area contributed by atoms with Gasteiger partial charge in [0, 0.05) is 22.1 Å². The fraction of sp³-hybridized carbons (Fsp3) is 0.294. The minimum Gasteiger partial charge on any atom is -0.497 e. The molecule has 112 valence electrons. The number of hydrogen-bond donors (Lipinski definition) is 1. The lowest BCUT2D eigenvalue weighted by Crippen LogP contribution is -2.23. The second-order valence-corrected chi connectivity index (χ2v) is 5.97. The zero-order chi connectivity index (χ0) is 15.4. The van der Waals surface area contributed by atoms with Gasteiger partial charge in [0.25, 0.3) is 0 Å². The van der Waals surface area contributed by atoms with Crippen molar-refractivity contribution in [1.29, 1.82) is 0 Å². The third-order valence-electron chi connectivity index (χ3n) is 3.52. The van der Waals surface area contributed by atoms with Gasteiger partial charge in [0.05, 0.1) is 7.11 Å². The highest BCUT2D eigenvalue weighted by atomic mass is 79.9. The van der Waals surface area contributed by atoms with Crippen molar-refractivity contribution in [2.75, 3.05) is 7.11 Å². The summed E-state index contributed by atoms with van der Waals surface area (Å²) >= 11 is 3.38. The summed E-state index contributed by atoms with van der Waals surface area (Å²) in [6, 6.07) is 12.9. The number of rotatable bonds is 5. The first kappa shape index (κ1) is 16.0. The molecular formula is C17H19BrFNO. The molecule has 1 unspecified atom stereocenters. The van der Waals surface area contributed by atoms with Crippen molar-refractivity contribution >= 4 is 15.9 Å². The molecule has 0 heterocycles. The fourth-order valence-corrected chi connectivity index (χ4v) is 2.70. The van der Waals surface area contributed by atoms with E-state index in [-0.39, 0.29) is 17.9 Å². The van der Waals surface area contributed by atoms with E-state index in [2.05, 4.69) is 28.2 Å². The molecule has 0 amide bonds. The van der Waals surface area contributed by atoms with Crippen molar-refractivity contribution in [1.82, 2.24) is 5.32 Å². The first-order chi connectivity index (χ1) is 10.0. The van der Waals surface area contributed by atoms with Crippen molar-refractivity contribution in [2.24, 2.45) is 0 Å². The zero-order valence-corrected chi connectivity index (χ0v) is 13.9. The summed E-state index contributed by atoms with van der Waals surface area (Å²) in [7, 11) is 1.65. The van der Waals surface area contributed by atoms with E-state index in [1.54, 1.807) is 13.2 Å². The first-order valence-electron chi connectivity index (χ1n) is 6.86. The van der Waals surface area contributed by atoms with E-state index in [1.165, 1.54) is 6.07 Å². The molecule has 0 radical (unpaired) electrons. The molecule has 0 fully saturated rings. The molecule has 2 nitrogen and oxygen atoms in total. The molecule has 0 saturated heterocycles. The largest absolute Gasteiger partial charge is 0.497 e. The van der Waals surface area contributed by atoms with Gasteiger partial charge in [0.1, 0.15) is 11.6 Å². The van der Waals surface area contributed by atoms with Crippen LogP contribution in [0.3, 0.4) is 0 Å². The van der Waals surface area contributed by atoms with E-state index in [4.69, 9.17) is 4.74 Å². The van der Waals surface area contributed by atoms with Crippen LogP contribution in [0.15, 0.2) is 46.9 Å². The lowest BCUT2D eigenvalue weighted by Gasteiger charge is -2.21. The van der Waals surface area contributed by atoms with Crippen LogP contribution >= 0.6 is 15.9 Å². The maximum Gasteiger partial charge on any atom is 0.128 e. The van der Waals surface area contributed by atoms with Crippen LogP contribution in [-0.2, 0) is 0 Å². The minimum absolute atomic E-state index is 0.0912. The van der Waals surface area contributed by atoms with Crippen molar-refractivity contribution in [3.63, 3.8) is 0 Å². The summed E-state index contributed by atoms with van der Waals surface area (Å²) in [5.74, 6) is 0.624. The van der Waals surface area contributed by atoms with Gasteiger partial charge in [-0.3, -0.25) is 0 Å². The maximum atomic E-state index is 13.9. The Morgan fingerprint density at radius 2 is 1.86 bits per heavy atom. The number of methoxy groups -OCH3 is 1. The van der Waals surface area contributed by atoms with Crippen LogP contribution in [-0.4, -0.2) is 7.11 Å². The summed E-state index contributed by atoms with van der Waals surface area (Å²) in [4.78, 5) is 0. The molecule has 2 aromatic carbocycles. The standard InChI is InChI=1S/C17H19BrFNO/c1-11(13-5-4-6-15(9-13)21-3)20-12(2)16-10-14(18)7-8-17(16)19/h4-12,20H,1-3H3/t11-,12?/m1/s1. The van der Waals surface area contributed by atoms with Crippen molar-refractivity contribution < 1.29 is 9.13 Å². The molecule has 1 N–H and O–H groups in total. The van der Waals surface area contributed by atoms with Crippen LogP contribution in [0.5, 0.6) is 5.75 Å². The van der Waals surface area contributed by atoms with Gasteiger partial charge in [0.2, 0.25) is 0 Å². The Hall–Kier alpha value is -1.39. The normalized spacial score (nSPS) is 13.8. The van der Waals surface area contributed by atoms with Gasteiger partial charge in [-0.2, -0.15) is 0 Å². The number of hydrogen-bond acceptors (Lipinski definition) is 2. The molecule has 2 aromatic rings. The Morgan fingerprint density at radius 3 is 2.57 bits per heavy atom. The van der Waals surface area contributed by atoms with Crippen LogP contribution in [0.1, 0.15) is 37.1 Å². The van der Waals surface area contributed by atoms with E-state index < -0.39 is 0 Å². The Kier molecular flexibility index (Phi) is 5.37. The second kappa shape index (κ2) is 7.05. The maximum absolute atomic E-state index is 13.9. The quantitative estimate of drug-likeness (QED) is 0.817. The Morgan fingerprint density at radius 1 is 1.10 bits per heavy atom.